The van der Waals surface area contributed by atoms with Gasteiger partial charge in [0.2, 0.25) is 0 Å². The Morgan fingerprint density at radius 3 is 2.37 bits per heavy atom. The fourth-order valence-electron chi connectivity index (χ4n) is 7.21. The Hall–Kier alpha value is -1.54. The molecular weight excluding hydrogens is 440 g/mol. The fraction of sp³-hybridized carbons (Fsp3) is 0.636. The highest BCUT2D eigenvalue weighted by Crippen LogP contribution is 2.55. The molecule has 0 spiro atoms. The monoisotopic (exact) mass is 492 g/mol. The van der Waals surface area contributed by atoms with E-state index in [1.165, 1.54) is 81.2 Å². The average molecular weight is 493 g/mol. The predicted molar refractivity (Wildman–Crippen MR) is 158 cm³/mol. The van der Waals surface area contributed by atoms with Crippen LogP contribution in [0.4, 0.5) is 0 Å². The molecule has 0 amide bonds. The Labute approximate surface area is 218 Å². The number of benzene rings is 1. The molecular formula is C33H52OSi. The van der Waals surface area contributed by atoms with Crippen molar-refractivity contribution in [3.63, 3.8) is 0 Å². The van der Waals surface area contributed by atoms with Crippen molar-refractivity contribution in [1.82, 2.24) is 0 Å². The molecule has 1 saturated carbocycles. The summed E-state index contributed by atoms with van der Waals surface area (Å²) < 4.78 is 6.65. The van der Waals surface area contributed by atoms with Crippen molar-refractivity contribution in [3.05, 3.63) is 59.7 Å². The summed E-state index contributed by atoms with van der Waals surface area (Å²) >= 11 is 0. The summed E-state index contributed by atoms with van der Waals surface area (Å²) in [4.78, 5) is 0. The van der Waals surface area contributed by atoms with Crippen molar-refractivity contribution in [2.45, 2.75) is 116 Å². The quantitative estimate of drug-likeness (QED) is 0.135. The molecule has 2 aliphatic carbocycles. The Morgan fingerprint density at radius 2 is 1.71 bits per heavy atom. The molecule has 3 rings (SSSR count). The molecule has 1 fully saturated rings. The zero-order valence-corrected chi connectivity index (χ0v) is 24.5. The van der Waals surface area contributed by atoms with Gasteiger partial charge in [0.25, 0.3) is 0 Å². The highest BCUT2D eigenvalue weighted by Gasteiger charge is 2.51. The topological polar surface area (TPSA) is 9.23 Å². The van der Waals surface area contributed by atoms with Gasteiger partial charge in [-0.15, -0.1) is 0 Å². The summed E-state index contributed by atoms with van der Waals surface area (Å²) in [7, 11) is -1.87. The number of rotatable bonds is 15. The second-order valence-electron chi connectivity index (χ2n) is 11.2. The first kappa shape index (κ1) is 28.0. The van der Waals surface area contributed by atoms with Crippen LogP contribution in [0.5, 0.6) is 5.75 Å². The van der Waals surface area contributed by atoms with E-state index in [-0.39, 0.29) is 0 Å². The van der Waals surface area contributed by atoms with Crippen molar-refractivity contribution in [1.29, 1.82) is 0 Å². The number of allylic oxidation sites excluding steroid dienone is 4. The summed E-state index contributed by atoms with van der Waals surface area (Å²) in [6.07, 6.45) is 21.8. The Bertz CT molecular complexity index is 875. The summed E-state index contributed by atoms with van der Waals surface area (Å²) in [6, 6.07) is 7.74. The second-order valence-corrected chi connectivity index (χ2v) is 16.1. The van der Waals surface area contributed by atoms with Crippen molar-refractivity contribution in [3.8, 4) is 5.75 Å². The van der Waals surface area contributed by atoms with Crippen molar-refractivity contribution in [2.75, 3.05) is 6.61 Å². The van der Waals surface area contributed by atoms with Crippen LogP contribution in [0.15, 0.2) is 48.6 Å². The first-order valence-electron chi connectivity index (χ1n) is 14.8. The maximum absolute atomic E-state index is 6.65. The van der Waals surface area contributed by atoms with E-state index >= 15 is 0 Å². The van der Waals surface area contributed by atoms with Crippen molar-refractivity contribution in [2.24, 2.45) is 11.8 Å². The molecule has 0 saturated heterocycles. The largest absolute Gasteiger partial charge is 0.489 e. The van der Waals surface area contributed by atoms with Gasteiger partial charge in [0.05, 0.1) is 8.07 Å². The van der Waals surface area contributed by atoms with Crippen LogP contribution in [0, 0.1) is 11.8 Å². The van der Waals surface area contributed by atoms with E-state index in [0.717, 1.165) is 23.8 Å². The molecule has 0 bridgehead atoms. The average Bonchev–Trinajstić information content (AvgIpc) is 3.21. The first-order valence-corrected chi connectivity index (χ1v) is 17.3. The Morgan fingerprint density at radius 1 is 1.00 bits per heavy atom. The lowest BCUT2D eigenvalue weighted by Crippen LogP contribution is -2.53. The standard InChI is InChI=1S/C33H52OSi/c1-7-12-14-18-27-24-29(20-15-13-8-2)32(34-22-9-3)31(25-27)35(10-4,11-5)33-26(6)23-28-19-16-17-21-30(28)33/h9,16-17,21,24-26,28,33H,3,7-8,10-15,18-20,22-23H2,1-2,4-6H3. The Kier molecular flexibility index (Phi) is 11.0. The lowest BCUT2D eigenvalue weighted by Gasteiger charge is -2.41. The molecule has 0 N–H and O–H groups in total. The van der Waals surface area contributed by atoms with E-state index in [0.29, 0.717) is 6.61 Å². The third kappa shape index (κ3) is 6.24. The summed E-state index contributed by atoms with van der Waals surface area (Å²) in [5.41, 5.74) is 5.54. The maximum Gasteiger partial charge on any atom is 0.122 e. The molecule has 1 nitrogen and oxygen atoms in total. The summed E-state index contributed by atoms with van der Waals surface area (Å²) in [5, 5.41) is 1.64. The van der Waals surface area contributed by atoms with E-state index in [2.05, 4.69) is 71.6 Å². The molecule has 3 atom stereocenters. The van der Waals surface area contributed by atoms with E-state index in [4.69, 9.17) is 4.74 Å². The minimum Gasteiger partial charge on any atom is -0.489 e. The first-order chi connectivity index (χ1) is 17.1. The van der Waals surface area contributed by atoms with Crippen LogP contribution in [-0.2, 0) is 12.8 Å². The minimum absolute atomic E-state index is 0.606. The molecule has 0 radical (unpaired) electrons. The lowest BCUT2D eigenvalue weighted by atomic mass is 9.94. The molecule has 0 aliphatic heterocycles. The van der Waals surface area contributed by atoms with Crippen molar-refractivity contribution >= 4 is 13.3 Å². The van der Waals surface area contributed by atoms with Gasteiger partial charge in [0.15, 0.2) is 0 Å². The third-order valence-corrected chi connectivity index (χ3v) is 15.0. The number of unbranched alkanes of at least 4 members (excludes halogenated alkanes) is 4. The van der Waals surface area contributed by atoms with Crippen LogP contribution < -0.4 is 9.92 Å². The van der Waals surface area contributed by atoms with Gasteiger partial charge in [0, 0.05) is 0 Å². The summed E-state index contributed by atoms with van der Waals surface area (Å²) in [5.74, 6) is 2.77. The molecule has 0 aromatic heterocycles. The number of aryl methyl sites for hydroxylation is 2. The van der Waals surface area contributed by atoms with Gasteiger partial charge >= 0.3 is 0 Å². The SMILES string of the molecule is C=CCOc1c(CCCCC)cc(CCCCC)cc1[Si](CC)(CC)C1C2=CC=CCC2CC1C. The highest BCUT2D eigenvalue weighted by atomic mass is 28.3. The van der Waals surface area contributed by atoms with E-state index in [9.17, 15) is 0 Å². The summed E-state index contributed by atoms with van der Waals surface area (Å²) in [6.45, 7) is 16.7. The number of fused-ring (bicyclic) bond motifs is 1. The molecule has 1 aromatic carbocycles. The molecule has 1 aromatic rings. The van der Waals surface area contributed by atoms with Gasteiger partial charge in [-0.3, -0.25) is 0 Å². The molecule has 2 aliphatic rings. The zero-order chi connectivity index (χ0) is 25.3. The smallest absolute Gasteiger partial charge is 0.122 e. The van der Waals surface area contributed by atoms with Gasteiger partial charge in [-0.25, -0.2) is 0 Å². The normalized spacial score (nSPS) is 21.6. The van der Waals surface area contributed by atoms with Gasteiger partial charge < -0.3 is 4.74 Å². The molecule has 0 heterocycles. The van der Waals surface area contributed by atoms with Gasteiger partial charge in [-0.2, -0.15) is 0 Å². The van der Waals surface area contributed by atoms with Crippen molar-refractivity contribution < 1.29 is 4.74 Å². The lowest BCUT2D eigenvalue weighted by molar-refractivity contribution is 0.361. The van der Waals surface area contributed by atoms with Crippen LogP contribution in [0.3, 0.4) is 0 Å². The number of ether oxygens (including phenoxy) is 1. The van der Waals surface area contributed by atoms with Crippen LogP contribution in [0.2, 0.25) is 17.6 Å². The second kappa shape index (κ2) is 13.7. The van der Waals surface area contributed by atoms with E-state index in [1.807, 2.05) is 6.08 Å². The van der Waals surface area contributed by atoms with E-state index in [1.54, 1.807) is 16.3 Å². The zero-order valence-electron chi connectivity index (χ0n) is 23.5. The molecule has 35 heavy (non-hydrogen) atoms. The van der Waals surface area contributed by atoms with Crippen LogP contribution in [-0.4, -0.2) is 14.7 Å². The van der Waals surface area contributed by atoms with Gasteiger partial charge in [-0.1, -0.05) is 121 Å². The van der Waals surface area contributed by atoms with Gasteiger partial charge in [-0.05, 0) is 72.2 Å². The molecule has 2 heteroatoms. The van der Waals surface area contributed by atoms with Gasteiger partial charge in [0.1, 0.15) is 12.4 Å². The van der Waals surface area contributed by atoms with Crippen LogP contribution >= 0.6 is 0 Å². The van der Waals surface area contributed by atoms with Crippen LogP contribution in [0.25, 0.3) is 0 Å². The highest BCUT2D eigenvalue weighted by molar-refractivity contribution is 6.94. The molecule has 194 valence electrons. The minimum atomic E-state index is -1.87. The number of hydrogen-bond donors (Lipinski definition) is 0. The fourth-order valence-corrected chi connectivity index (χ4v) is 13.0. The van der Waals surface area contributed by atoms with E-state index < -0.39 is 8.07 Å². The number of hydrogen-bond acceptors (Lipinski definition) is 1. The maximum atomic E-state index is 6.65. The van der Waals surface area contributed by atoms with Crippen LogP contribution in [0.1, 0.15) is 97.1 Å². The predicted octanol–water partition coefficient (Wildman–Crippen LogP) is 9.32. The molecule has 3 unspecified atom stereocenters. The Balaban J connectivity index is 2.18. The third-order valence-electron chi connectivity index (χ3n) is 8.98.